The summed E-state index contributed by atoms with van der Waals surface area (Å²) < 4.78 is 5.01. The summed E-state index contributed by atoms with van der Waals surface area (Å²) in [4.78, 5) is 18.6. The van der Waals surface area contributed by atoms with Crippen LogP contribution >= 0.6 is 23.2 Å². The number of hydrogen-bond acceptors (Lipinski definition) is 3. The van der Waals surface area contributed by atoms with E-state index in [4.69, 9.17) is 27.9 Å². The van der Waals surface area contributed by atoms with Crippen LogP contribution in [-0.4, -0.2) is 28.9 Å². The molecule has 0 saturated heterocycles. The van der Waals surface area contributed by atoms with Crippen molar-refractivity contribution in [3.8, 4) is 5.88 Å². The smallest absolute Gasteiger partial charge is 0.255 e. The molecule has 23 heavy (non-hydrogen) atoms. The molecule has 0 aliphatic carbocycles. The van der Waals surface area contributed by atoms with E-state index in [1.54, 1.807) is 29.2 Å². The predicted octanol–water partition coefficient (Wildman–Crippen LogP) is 4.45. The molecule has 0 saturated carbocycles. The maximum Gasteiger partial charge on any atom is 0.255 e. The first-order valence-corrected chi connectivity index (χ1v) is 7.93. The van der Waals surface area contributed by atoms with Gasteiger partial charge >= 0.3 is 0 Å². The Morgan fingerprint density at radius 1 is 1.22 bits per heavy atom. The lowest BCUT2D eigenvalue weighted by atomic mass is 10.1. The van der Waals surface area contributed by atoms with Crippen LogP contribution in [0.3, 0.4) is 0 Å². The zero-order valence-corrected chi connectivity index (χ0v) is 14.7. The molecule has 1 aromatic heterocycles. The highest BCUT2D eigenvalue weighted by Gasteiger charge is 2.20. The summed E-state index contributed by atoms with van der Waals surface area (Å²) in [6.45, 7) is 4.37. The Labute approximate surface area is 146 Å². The zero-order valence-electron chi connectivity index (χ0n) is 13.2. The Hall–Kier alpha value is -1.78. The number of ether oxygens (including phenoxy) is 1. The van der Waals surface area contributed by atoms with E-state index in [-0.39, 0.29) is 11.9 Å². The van der Waals surface area contributed by atoms with Gasteiger partial charge in [-0.3, -0.25) is 4.79 Å². The standard InChI is InChI=1S/C17H18Cl2N2O2/c1-11(2)21(10-12-4-6-14(18)15(19)8-12)17(22)13-5-7-16(23-3)20-9-13/h4-9,11H,10H2,1-3H3. The van der Waals surface area contributed by atoms with E-state index >= 15 is 0 Å². The first-order valence-electron chi connectivity index (χ1n) is 7.17. The van der Waals surface area contributed by atoms with Crippen molar-refractivity contribution in [3.63, 3.8) is 0 Å². The fourth-order valence-corrected chi connectivity index (χ4v) is 2.44. The molecule has 0 spiro atoms. The van der Waals surface area contributed by atoms with Gasteiger partial charge in [-0.05, 0) is 37.6 Å². The Morgan fingerprint density at radius 2 is 1.96 bits per heavy atom. The van der Waals surface area contributed by atoms with Crippen LogP contribution in [0.1, 0.15) is 29.8 Å². The molecular weight excluding hydrogens is 335 g/mol. The fourth-order valence-electron chi connectivity index (χ4n) is 2.12. The molecule has 1 heterocycles. The van der Waals surface area contributed by atoms with Crippen molar-refractivity contribution in [3.05, 3.63) is 57.7 Å². The van der Waals surface area contributed by atoms with Gasteiger partial charge in [0.05, 0.1) is 22.7 Å². The van der Waals surface area contributed by atoms with Gasteiger partial charge in [-0.25, -0.2) is 4.98 Å². The molecule has 122 valence electrons. The van der Waals surface area contributed by atoms with Crippen LogP contribution in [0.4, 0.5) is 0 Å². The predicted molar refractivity (Wildman–Crippen MR) is 92.3 cm³/mol. The molecule has 0 unspecified atom stereocenters. The number of hydrogen-bond donors (Lipinski definition) is 0. The van der Waals surface area contributed by atoms with Gasteiger partial charge in [0, 0.05) is 24.8 Å². The minimum atomic E-state index is -0.0961. The minimum Gasteiger partial charge on any atom is -0.481 e. The topological polar surface area (TPSA) is 42.4 Å². The third kappa shape index (κ3) is 4.36. The summed E-state index contributed by atoms with van der Waals surface area (Å²) in [5.41, 5.74) is 1.43. The van der Waals surface area contributed by atoms with Gasteiger partial charge in [0.15, 0.2) is 0 Å². The molecule has 0 atom stereocenters. The SMILES string of the molecule is COc1ccc(C(=O)N(Cc2ccc(Cl)c(Cl)c2)C(C)C)cn1. The molecule has 0 fully saturated rings. The summed E-state index contributed by atoms with van der Waals surface area (Å²) in [6.07, 6.45) is 1.52. The molecule has 0 aliphatic heterocycles. The summed E-state index contributed by atoms with van der Waals surface area (Å²) in [5.74, 6) is 0.378. The van der Waals surface area contributed by atoms with Gasteiger partial charge < -0.3 is 9.64 Å². The minimum absolute atomic E-state index is 0.0269. The molecule has 1 aromatic carbocycles. The molecular formula is C17H18Cl2N2O2. The number of pyridine rings is 1. The van der Waals surface area contributed by atoms with Gasteiger partial charge in [-0.15, -0.1) is 0 Å². The lowest BCUT2D eigenvalue weighted by molar-refractivity contribution is 0.0690. The number of halogens is 2. The molecule has 2 rings (SSSR count). The Bertz CT molecular complexity index is 687. The van der Waals surface area contributed by atoms with Crippen molar-refractivity contribution in [2.75, 3.05) is 7.11 Å². The van der Waals surface area contributed by atoms with E-state index in [0.717, 1.165) is 5.56 Å². The third-order valence-corrected chi connectivity index (χ3v) is 4.15. The third-order valence-electron chi connectivity index (χ3n) is 3.41. The van der Waals surface area contributed by atoms with Crippen LogP contribution in [0.25, 0.3) is 0 Å². The molecule has 1 amide bonds. The molecule has 6 heteroatoms. The highest BCUT2D eigenvalue weighted by molar-refractivity contribution is 6.42. The van der Waals surface area contributed by atoms with Crippen LogP contribution in [0.15, 0.2) is 36.5 Å². The number of amides is 1. The summed E-state index contributed by atoms with van der Waals surface area (Å²) in [6, 6.07) is 8.78. The summed E-state index contributed by atoms with van der Waals surface area (Å²) >= 11 is 12.0. The van der Waals surface area contributed by atoms with Crippen molar-refractivity contribution in [2.45, 2.75) is 26.4 Å². The first kappa shape index (κ1) is 17.6. The lowest BCUT2D eigenvalue weighted by Crippen LogP contribution is -2.36. The highest BCUT2D eigenvalue weighted by Crippen LogP contribution is 2.24. The highest BCUT2D eigenvalue weighted by atomic mass is 35.5. The van der Waals surface area contributed by atoms with Crippen molar-refractivity contribution < 1.29 is 9.53 Å². The average Bonchev–Trinajstić information content (AvgIpc) is 2.55. The van der Waals surface area contributed by atoms with Crippen molar-refractivity contribution in [1.82, 2.24) is 9.88 Å². The molecule has 2 aromatic rings. The maximum absolute atomic E-state index is 12.7. The number of benzene rings is 1. The summed E-state index contributed by atoms with van der Waals surface area (Å²) in [5, 5.41) is 0.976. The number of carbonyl (C=O) groups is 1. The second-order valence-corrected chi connectivity index (χ2v) is 6.18. The van der Waals surface area contributed by atoms with Crippen molar-refractivity contribution in [1.29, 1.82) is 0 Å². The van der Waals surface area contributed by atoms with Crippen LogP contribution in [0.2, 0.25) is 10.0 Å². The van der Waals surface area contributed by atoms with E-state index in [9.17, 15) is 4.79 Å². The van der Waals surface area contributed by atoms with Crippen LogP contribution in [0, 0.1) is 0 Å². The van der Waals surface area contributed by atoms with Gasteiger partial charge in [0.2, 0.25) is 5.88 Å². The van der Waals surface area contributed by atoms with Crippen molar-refractivity contribution in [2.24, 2.45) is 0 Å². The first-order chi connectivity index (χ1) is 10.9. The lowest BCUT2D eigenvalue weighted by Gasteiger charge is -2.27. The second-order valence-electron chi connectivity index (χ2n) is 5.36. The number of rotatable bonds is 5. The van der Waals surface area contributed by atoms with Crippen LogP contribution in [-0.2, 0) is 6.54 Å². The maximum atomic E-state index is 12.7. The summed E-state index contributed by atoms with van der Waals surface area (Å²) in [7, 11) is 1.54. The van der Waals surface area contributed by atoms with E-state index in [1.807, 2.05) is 19.9 Å². The Balaban J connectivity index is 2.22. The molecule has 0 aliphatic rings. The van der Waals surface area contributed by atoms with E-state index in [2.05, 4.69) is 4.98 Å². The number of nitrogens with zero attached hydrogens (tertiary/aromatic N) is 2. The van der Waals surface area contributed by atoms with Crippen LogP contribution < -0.4 is 4.74 Å². The van der Waals surface area contributed by atoms with Crippen LogP contribution in [0.5, 0.6) is 5.88 Å². The number of carbonyl (C=O) groups excluding carboxylic acids is 1. The number of aromatic nitrogens is 1. The Morgan fingerprint density at radius 3 is 2.48 bits per heavy atom. The average molecular weight is 353 g/mol. The van der Waals surface area contributed by atoms with E-state index in [0.29, 0.717) is 28.0 Å². The van der Waals surface area contributed by atoms with E-state index in [1.165, 1.54) is 13.3 Å². The van der Waals surface area contributed by atoms with Crippen molar-refractivity contribution >= 4 is 29.1 Å². The fraction of sp³-hybridized carbons (Fsp3) is 0.294. The quantitative estimate of drug-likeness (QED) is 0.798. The zero-order chi connectivity index (χ0) is 17.0. The number of methoxy groups -OCH3 is 1. The van der Waals surface area contributed by atoms with Gasteiger partial charge in [0.25, 0.3) is 5.91 Å². The largest absolute Gasteiger partial charge is 0.481 e. The van der Waals surface area contributed by atoms with E-state index < -0.39 is 0 Å². The van der Waals surface area contributed by atoms with Gasteiger partial charge in [-0.1, -0.05) is 29.3 Å². The molecule has 4 nitrogen and oxygen atoms in total. The molecule has 0 N–H and O–H groups in total. The normalized spacial score (nSPS) is 10.7. The second kappa shape index (κ2) is 7.66. The molecule has 0 radical (unpaired) electrons. The van der Waals surface area contributed by atoms with Gasteiger partial charge in [0.1, 0.15) is 0 Å². The monoisotopic (exact) mass is 352 g/mol. The Kier molecular flexibility index (Phi) is 5.85. The van der Waals surface area contributed by atoms with Gasteiger partial charge in [-0.2, -0.15) is 0 Å². The molecule has 0 bridgehead atoms.